The molecule has 0 atom stereocenters. The SMILES string of the molecule is CCCOc1c(Cl)cc(C(=O)Nc2c(-c3ccccc3)nc3ccc(C)cn23)cc1OCC. The third-order valence-corrected chi connectivity index (χ3v) is 5.35. The van der Waals surface area contributed by atoms with E-state index in [1.165, 1.54) is 0 Å². The normalized spacial score (nSPS) is 10.9. The Kier molecular flexibility index (Phi) is 6.84. The molecule has 0 unspecified atom stereocenters. The van der Waals surface area contributed by atoms with Gasteiger partial charge in [-0.3, -0.25) is 9.20 Å². The number of carbonyl (C=O) groups excluding carboxylic acids is 1. The van der Waals surface area contributed by atoms with Crippen LogP contribution in [-0.2, 0) is 0 Å². The summed E-state index contributed by atoms with van der Waals surface area (Å²) in [6.45, 7) is 6.81. The number of nitrogens with one attached hydrogen (secondary N) is 1. The van der Waals surface area contributed by atoms with Gasteiger partial charge in [-0.1, -0.05) is 54.9 Å². The Balaban J connectivity index is 1.76. The summed E-state index contributed by atoms with van der Waals surface area (Å²) in [5, 5.41) is 3.37. The fraction of sp³-hybridized carbons (Fsp3) is 0.231. The second-order valence-electron chi connectivity index (χ2n) is 7.63. The fourth-order valence-electron chi connectivity index (χ4n) is 3.55. The largest absolute Gasteiger partial charge is 0.490 e. The maximum absolute atomic E-state index is 13.4. The Morgan fingerprint density at radius 1 is 1.09 bits per heavy atom. The number of nitrogens with zero attached hydrogens (tertiary/aromatic N) is 2. The van der Waals surface area contributed by atoms with Gasteiger partial charge < -0.3 is 14.8 Å². The molecule has 0 aliphatic heterocycles. The van der Waals surface area contributed by atoms with E-state index < -0.39 is 0 Å². The number of imidazole rings is 1. The van der Waals surface area contributed by atoms with Gasteiger partial charge in [0.2, 0.25) is 0 Å². The van der Waals surface area contributed by atoms with Gasteiger partial charge in [0.05, 0.1) is 18.2 Å². The predicted octanol–water partition coefficient (Wildman–Crippen LogP) is 6.40. The van der Waals surface area contributed by atoms with Gasteiger partial charge in [0.15, 0.2) is 11.5 Å². The lowest BCUT2D eigenvalue weighted by Gasteiger charge is -2.15. The fourth-order valence-corrected chi connectivity index (χ4v) is 3.82. The number of fused-ring (bicyclic) bond motifs is 1. The molecule has 4 aromatic rings. The van der Waals surface area contributed by atoms with Crippen LogP contribution in [0.5, 0.6) is 11.5 Å². The van der Waals surface area contributed by atoms with Crippen molar-refractivity contribution in [1.82, 2.24) is 9.38 Å². The molecule has 0 radical (unpaired) electrons. The lowest BCUT2D eigenvalue weighted by molar-refractivity contribution is 0.102. The highest BCUT2D eigenvalue weighted by atomic mass is 35.5. The molecule has 0 aliphatic rings. The van der Waals surface area contributed by atoms with Crippen molar-refractivity contribution in [3.05, 3.63) is 76.9 Å². The Hall–Kier alpha value is -3.51. The number of anilines is 1. The van der Waals surface area contributed by atoms with Crippen LogP contribution in [-0.4, -0.2) is 28.5 Å². The van der Waals surface area contributed by atoms with Crippen molar-refractivity contribution < 1.29 is 14.3 Å². The van der Waals surface area contributed by atoms with Crippen molar-refractivity contribution in [3.8, 4) is 22.8 Å². The summed E-state index contributed by atoms with van der Waals surface area (Å²) >= 11 is 6.47. The molecule has 0 aliphatic carbocycles. The van der Waals surface area contributed by atoms with E-state index in [4.69, 9.17) is 26.1 Å². The molecule has 6 nitrogen and oxygen atoms in total. The number of aromatic nitrogens is 2. The molecule has 0 saturated carbocycles. The number of carbonyl (C=O) groups is 1. The van der Waals surface area contributed by atoms with Crippen molar-refractivity contribution in [2.45, 2.75) is 27.2 Å². The van der Waals surface area contributed by atoms with Crippen LogP contribution in [0.3, 0.4) is 0 Å². The molecule has 170 valence electrons. The minimum atomic E-state index is -0.319. The predicted molar refractivity (Wildman–Crippen MR) is 132 cm³/mol. The highest BCUT2D eigenvalue weighted by Crippen LogP contribution is 2.37. The van der Waals surface area contributed by atoms with Gasteiger partial charge in [0.25, 0.3) is 5.91 Å². The molecule has 0 fully saturated rings. The monoisotopic (exact) mass is 463 g/mol. The van der Waals surface area contributed by atoms with E-state index in [0.717, 1.165) is 23.2 Å². The first-order valence-electron chi connectivity index (χ1n) is 11.0. The van der Waals surface area contributed by atoms with Gasteiger partial charge in [0.1, 0.15) is 17.2 Å². The summed E-state index contributed by atoms with van der Waals surface area (Å²) in [7, 11) is 0. The topological polar surface area (TPSA) is 64.9 Å². The molecule has 2 aromatic heterocycles. The summed E-state index contributed by atoms with van der Waals surface area (Å²) in [5.74, 6) is 1.17. The van der Waals surface area contributed by atoms with Crippen LogP contribution >= 0.6 is 11.6 Å². The summed E-state index contributed by atoms with van der Waals surface area (Å²) in [6, 6.07) is 16.9. The molecular weight excluding hydrogens is 438 g/mol. The number of hydrogen-bond acceptors (Lipinski definition) is 4. The Labute approximate surface area is 198 Å². The highest BCUT2D eigenvalue weighted by molar-refractivity contribution is 6.32. The molecule has 33 heavy (non-hydrogen) atoms. The zero-order valence-electron chi connectivity index (χ0n) is 18.9. The number of ether oxygens (including phenoxy) is 2. The average Bonchev–Trinajstić information content (AvgIpc) is 3.16. The third kappa shape index (κ3) is 4.81. The van der Waals surface area contributed by atoms with Crippen molar-refractivity contribution in [2.24, 2.45) is 0 Å². The lowest BCUT2D eigenvalue weighted by atomic mass is 10.1. The molecule has 4 rings (SSSR count). The van der Waals surface area contributed by atoms with Crippen molar-refractivity contribution in [2.75, 3.05) is 18.5 Å². The van der Waals surface area contributed by atoms with Crippen LogP contribution in [0.2, 0.25) is 5.02 Å². The van der Waals surface area contributed by atoms with Crippen LogP contribution in [0.1, 0.15) is 36.2 Å². The number of pyridine rings is 1. The van der Waals surface area contributed by atoms with E-state index in [-0.39, 0.29) is 5.91 Å². The third-order valence-electron chi connectivity index (χ3n) is 5.07. The van der Waals surface area contributed by atoms with Crippen LogP contribution in [0.25, 0.3) is 16.9 Å². The molecule has 1 N–H and O–H groups in total. The lowest BCUT2D eigenvalue weighted by Crippen LogP contribution is -2.15. The van der Waals surface area contributed by atoms with Gasteiger partial charge in [-0.25, -0.2) is 4.98 Å². The van der Waals surface area contributed by atoms with Crippen molar-refractivity contribution in [3.63, 3.8) is 0 Å². The maximum Gasteiger partial charge on any atom is 0.257 e. The summed E-state index contributed by atoms with van der Waals surface area (Å²) in [4.78, 5) is 18.1. The van der Waals surface area contributed by atoms with E-state index in [1.807, 2.05) is 73.8 Å². The van der Waals surface area contributed by atoms with Gasteiger partial charge in [-0.05, 0) is 44.0 Å². The molecule has 1 amide bonds. The van der Waals surface area contributed by atoms with Crippen LogP contribution in [0.15, 0.2) is 60.8 Å². The first-order chi connectivity index (χ1) is 16.0. The molecule has 0 saturated heterocycles. The summed E-state index contributed by atoms with van der Waals surface area (Å²) in [6.07, 6.45) is 2.78. The molecule has 0 spiro atoms. The van der Waals surface area contributed by atoms with Crippen LogP contribution < -0.4 is 14.8 Å². The highest BCUT2D eigenvalue weighted by Gasteiger charge is 2.20. The van der Waals surface area contributed by atoms with Crippen LogP contribution in [0.4, 0.5) is 5.82 Å². The van der Waals surface area contributed by atoms with E-state index in [9.17, 15) is 4.79 Å². The first-order valence-corrected chi connectivity index (χ1v) is 11.3. The minimum Gasteiger partial charge on any atom is -0.490 e. The van der Waals surface area contributed by atoms with E-state index in [1.54, 1.807) is 12.1 Å². The second kappa shape index (κ2) is 9.96. The summed E-state index contributed by atoms with van der Waals surface area (Å²) in [5.41, 5.74) is 3.76. The Morgan fingerprint density at radius 2 is 1.88 bits per heavy atom. The Bertz CT molecular complexity index is 1290. The number of amides is 1. The quantitative estimate of drug-likeness (QED) is 0.328. The molecule has 0 bridgehead atoms. The van der Waals surface area contributed by atoms with E-state index in [2.05, 4.69) is 5.32 Å². The average molecular weight is 464 g/mol. The Morgan fingerprint density at radius 3 is 2.61 bits per heavy atom. The smallest absolute Gasteiger partial charge is 0.257 e. The molecule has 7 heteroatoms. The zero-order valence-corrected chi connectivity index (χ0v) is 19.6. The van der Waals surface area contributed by atoms with E-state index in [0.29, 0.717) is 46.8 Å². The number of aryl methyl sites for hydroxylation is 1. The molecule has 2 heterocycles. The number of benzene rings is 2. The van der Waals surface area contributed by atoms with Gasteiger partial charge >= 0.3 is 0 Å². The molecular formula is C26H26ClN3O3. The maximum atomic E-state index is 13.4. The second-order valence-corrected chi connectivity index (χ2v) is 8.04. The van der Waals surface area contributed by atoms with Gasteiger partial charge in [-0.15, -0.1) is 0 Å². The van der Waals surface area contributed by atoms with E-state index >= 15 is 0 Å². The van der Waals surface area contributed by atoms with Gasteiger partial charge in [-0.2, -0.15) is 0 Å². The van der Waals surface area contributed by atoms with Crippen molar-refractivity contribution >= 4 is 29.0 Å². The zero-order chi connectivity index (χ0) is 23.4. The minimum absolute atomic E-state index is 0.319. The number of rotatable bonds is 8. The standard InChI is InChI=1S/C26H26ClN3O3/c1-4-13-33-24-20(27)14-19(15-21(24)32-5-2)26(31)29-25-23(18-9-7-6-8-10-18)28-22-12-11-17(3)16-30(22)25/h6-12,14-16H,4-5,13H2,1-3H3,(H,29,31). The number of hydrogen-bond donors (Lipinski definition) is 1. The number of halogens is 1. The van der Waals surface area contributed by atoms with Crippen LogP contribution in [0, 0.1) is 6.92 Å². The first kappa shape index (κ1) is 22.7. The van der Waals surface area contributed by atoms with Gasteiger partial charge in [0, 0.05) is 17.3 Å². The molecule has 2 aromatic carbocycles. The van der Waals surface area contributed by atoms with Crippen molar-refractivity contribution in [1.29, 1.82) is 0 Å². The summed E-state index contributed by atoms with van der Waals surface area (Å²) < 4.78 is 13.4.